The Morgan fingerprint density at radius 1 is 1.18 bits per heavy atom. The van der Waals surface area contributed by atoms with E-state index in [2.05, 4.69) is 27.9 Å². The standard InChI is InChI=1S/C17H18N4O/c1-2-21-15-6-4-3-5-14(15)20-17(21)19-11-12-7-9-13(10-8-12)16(18)22/h3-10H,2,11H2,1H3,(H2,18,22)(H,19,20). The minimum Gasteiger partial charge on any atom is -0.366 e. The number of carbonyl (C=O) groups excluding carboxylic acids is 1. The summed E-state index contributed by atoms with van der Waals surface area (Å²) < 4.78 is 2.15. The van der Waals surface area contributed by atoms with E-state index in [4.69, 9.17) is 5.73 Å². The first kappa shape index (κ1) is 14.1. The first-order valence-corrected chi connectivity index (χ1v) is 7.27. The van der Waals surface area contributed by atoms with Crippen molar-refractivity contribution in [2.24, 2.45) is 5.73 Å². The molecule has 0 bridgehead atoms. The van der Waals surface area contributed by atoms with E-state index in [1.54, 1.807) is 12.1 Å². The summed E-state index contributed by atoms with van der Waals surface area (Å²) >= 11 is 0. The Morgan fingerprint density at radius 3 is 2.59 bits per heavy atom. The maximum absolute atomic E-state index is 11.1. The number of para-hydroxylation sites is 2. The molecule has 1 amide bonds. The SMILES string of the molecule is CCn1c(NCc2ccc(C(N)=O)cc2)nc2ccccc21. The molecule has 22 heavy (non-hydrogen) atoms. The maximum atomic E-state index is 11.1. The lowest BCUT2D eigenvalue weighted by Crippen LogP contribution is -2.11. The van der Waals surface area contributed by atoms with Gasteiger partial charge in [0.25, 0.3) is 0 Å². The van der Waals surface area contributed by atoms with Crippen molar-refractivity contribution in [3.63, 3.8) is 0 Å². The Kier molecular flexibility index (Phi) is 3.78. The van der Waals surface area contributed by atoms with Gasteiger partial charge in [-0.05, 0) is 36.8 Å². The van der Waals surface area contributed by atoms with Gasteiger partial charge in [0.2, 0.25) is 11.9 Å². The normalized spacial score (nSPS) is 10.8. The van der Waals surface area contributed by atoms with Crippen molar-refractivity contribution in [1.29, 1.82) is 0 Å². The molecule has 0 fully saturated rings. The van der Waals surface area contributed by atoms with Crippen LogP contribution in [0.25, 0.3) is 11.0 Å². The molecule has 1 heterocycles. The van der Waals surface area contributed by atoms with Gasteiger partial charge in [0.05, 0.1) is 11.0 Å². The number of nitrogens with zero attached hydrogens (tertiary/aromatic N) is 2. The highest BCUT2D eigenvalue weighted by molar-refractivity contribution is 5.92. The number of aromatic nitrogens is 2. The molecule has 0 saturated heterocycles. The molecule has 5 heteroatoms. The second-order valence-electron chi connectivity index (χ2n) is 5.08. The number of amides is 1. The van der Waals surface area contributed by atoms with Crippen LogP contribution in [-0.4, -0.2) is 15.5 Å². The quantitative estimate of drug-likeness (QED) is 0.760. The van der Waals surface area contributed by atoms with Gasteiger partial charge in [0.15, 0.2) is 0 Å². The number of nitrogens with two attached hydrogens (primary N) is 1. The highest BCUT2D eigenvalue weighted by Crippen LogP contribution is 2.19. The van der Waals surface area contributed by atoms with Crippen LogP contribution in [0, 0.1) is 0 Å². The van der Waals surface area contributed by atoms with Gasteiger partial charge >= 0.3 is 0 Å². The molecule has 0 aliphatic rings. The second-order valence-corrected chi connectivity index (χ2v) is 5.08. The Balaban J connectivity index is 1.80. The van der Waals surface area contributed by atoms with Gasteiger partial charge in [-0.25, -0.2) is 4.98 Å². The number of imidazole rings is 1. The van der Waals surface area contributed by atoms with Crippen LogP contribution < -0.4 is 11.1 Å². The molecule has 2 aromatic carbocycles. The number of hydrogen-bond acceptors (Lipinski definition) is 3. The topological polar surface area (TPSA) is 72.9 Å². The molecular formula is C17H18N4O. The average molecular weight is 294 g/mol. The molecule has 0 unspecified atom stereocenters. The van der Waals surface area contributed by atoms with Gasteiger partial charge < -0.3 is 15.6 Å². The fraction of sp³-hybridized carbons (Fsp3) is 0.176. The highest BCUT2D eigenvalue weighted by Gasteiger charge is 2.08. The minimum atomic E-state index is -0.410. The van der Waals surface area contributed by atoms with Crippen molar-refractivity contribution in [2.45, 2.75) is 20.0 Å². The van der Waals surface area contributed by atoms with Crippen molar-refractivity contribution in [2.75, 3.05) is 5.32 Å². The van der Waals surface area contributed by atoms with Gasteiger partial charge in [-0.3, -0.25) is 4.79 Å². The number of fused-ring (bicyclic) bond motifs is 1. The lowest BCUT2D eigenvalue weighted by atomic mass is 10.1. The second kappa shape index (κ2) is 5.89. The zero-order valence-electron chi connectivity index (χ0n) is 12.4. The van der Waals surface area contributed by atoms with E-state index in [0.29, 0.717) is 12.1 Å². The van der Waals surface area contributed by atoms with Crippen molar-refractivity contribution < 1.29 is 4.79 Å². The van der Waals surface area contributed by atoms with Crippen LogP contribution in [0.15, 0.2) is 48.5 Å². The number of aryl methyl sites for hydroxylation is 1. The van der Waals surface area contributed by atoms with Crippen molar-refractivity contribution >= 4 is 22.9 Å². The fourth-order valence-electron chi connectivity index (χ4n) is 2.50. The highest BCUT2D eigenvalue weighted by atomic mass is 16.1. The predicted molar refractivity (Wildman–Crippen MR) is 87.7 cm³/mol. The van der Waals surface area contributed by atoms with Crippen LogP contribution in [0.4, 0.5) is 5.95 Å². The largest absolute Gasteiger partial charge is 0.366 e. The summed E-state index contributed by atoms with van der Waals surface area (Å²) in [7, 11) is 0. The van der Waals surface area contributed by atoms with E-state index >= 15 is 0 Å². The molecule has 1 aromatic heterocycles. The van der Waals surface area contributed by atoms with Gasteiger partial charge in [0, 0.05) is 18.7 Å². The van der Waals surface area contributed by atoms with Gasteiger partial charge in [0.1, 0.15) is 0 Å². The zero-order chi connectivity index (χ0) is 15.5. The monoisotopic (exact) mass is 294 g/mol. The summed E-state index contributed by atoms with van der Waals surface area (Å²) in [5.74, 6) is 0.440. The summed E-state index contributed by atoms with van der Waals surface area (Å²) in [6, 6.07) is 15.3. The number of carbonyl (C=O) groups is 1. The first-order chi connectivity index (χ1) is 10.7. The molecule has 3 aromatic rings. The van der Waals surface area contributed by atoms with Crippen molar-refractivity contribution in [3.05, 3.63) is 59.7 Å². The summed E-state index contributed by atoms with van der Waals surface area (Å²) in [5.41, 5.74) is 8.93. The van der Waals surface area contributed by atoms with Crippen LogP contribution in [0.5, 0.6) is 0 Å². The number of nitrogens with one attached hydrogen (secondary N) is 1. The number of primary amides is 1. The van der Waals surface area contributed by atoms with E-state index in [9.17, 15) is 4.79 Å². The van der Waals surface area contributed by atoms with Gasteiger partial charge in [-0.15, -0.1) is 0 Å². The van der Waals surface area contributed by atoms with E-state index in [-0.39, 0.29) is 0 Å². The Bertz CT molecular complexity index is 805. The third-order valence-electron chi connectivity index (χ3n) is 3.66. The van der Waals surface area contributed by atoms with Crippen LogP contribution >= 0.6 is 0 Å². The summed E-state index contributed by atoms with van der Waals surface area (Å²) in [6.45, 7) is 3.59. The fourth-order valence-corrected chi connectivity index (χ4v) is 2.50. The molecule has 0 spiro atoms. The van der Waals surface area contributed by atoms with Crippen molar-refractivity contribution in [1.82, 2.24) is 9.55 Å². The third kappa shape index (κ3) is 2.65. The van der Waals surface area contributed by atoms with Crippen LogP contribution in [-0.2, 0) is 13.1 Å². The molecule has 3 rings (SSSR count). The van der Waals surface area contributed by atoms with Crippen LogP contribution in [0.3, 0.4) is 0 Å². The van der Waals surface area contributed by atoms with Crippen molar-refractivity contribution in [3.8, 4) is 0 Å². The molecule has 0 atom stereocenters. The third-order valence-corrected chi connectivity index (χ3v) is 3.66. The van der Waals surface area contributed by atoms with Crippen LogP contribution in [0.2, 0.25) is 0 Å². The molecular weight excluding hydrogens is 276 g/mol. The average Bonchev–Trinajstić information content (AvgIpc) is 2.90. The van der Waals surface area contributed by atoms with E-state index in [1.165, 1.54) is 0 Å². The number of benzene rings is 2. The first-order valence-electron chi connectivity index (χ1n) is 7.27. The summed E-state index contributed by atoms with van der Waals surface area (Å²) in [4.78, 5) is 15.7. The Labute approximate surface area is 128 Å². The molecule has 0 saturated carbocycles. The summed E-state index contributed by atoms with van der Waals surface area (Å²) in [5, 5.41) is 3.35. The number of anilines is 1. The number of hydrogen-bond donors (Lipinski definition) is 2. The van der Waals surface area contributed by atoms with Gasteiger partial charge in [-0.1, -0.05) is 24.3 Å². The lowest BCUT2D eigenvalue weighted by molar-refractivity contribution is 0.100. The van der Waals surface area contributed by atoms with E-state index in [1.807, 2.05) is 30.3 Å². The molecule has 0 aliphatic heterocycles. The van der Waals surface area contributed by atoms with Crippen LogP contribution in [0.1, 0.15) is 22.8 Å². The molecule has 0 aliphatic carbocycles. The minimum absolute atomic E-state index is 0.410. The van der Waals surface area contributed by atoms with E-state index in [0.717, 1.165) is 29.1 Å². The molecule has 5 nitrogen and oxygen atoms in total. The van der Waals surface area contributed by atoms with E-state index < -0.39 is 5.91 Å². The molecule has 0 radical (unpaired) electrons. The van der Waals surface area contributed by atoms with Gasteiger partial charge in [-0.2, -0.15) is 0 Å². The smallest absolute Gasteiger partial charge is 0.248 e. The summed E-state index contributed by atoms with van der Waals surface area (Å²) in [6.07, 6.45) is 0. The Morgan fingerprint density at radius 2 is 1.91 bits per heavy atom. The maximum Gasteiger partial charge on any atom is 0.248 e. The molecule has 112 valence electrons. The zero-order valence-corrected chi connectivity index (χ0v) is 12.4. The Hall–Kier alpha value is -2.82. The predicted octanol–water partition coefficient (Wildman–Crippen LogP) is 2.77. The lowest BCUT2D eigenvalue weighted by Gasteiger charge is -2.09. The molecule has 3 N–H and O–H groups in total. The number of rotatable bonds is 5.